The van der Waals surface area contributed by atoms with Crippen molar-refractivity contribution in [2.24, 2.45) is 0 Å². The Kier molecular flexibility index (Phi) is 3.93. The van der Waals surface area contributed by atoms with E-state index in [4.69, 9.17) is 0 Å². The zero-order valence-corrected chi connectivity index (χ0v) is 11.2. The first-order valence-electron chi connectivity index (χ1n) is 4.58. The molecule has 0 spiro atoms. The molecule has 0 aromatic carbocycles. The molecular weight excluding hydrogens is 412 g/mol. The summed E-state index contributed by atoms with van der Waals surface area (Å²) < 4.78 is 170. The normalized spacial score (nSPS) is 25.0. The molecule has 23 heavy (non-hydrogen) atoms. The van der Waals surface area contributed by atoms with Gasteiger partial charge in [-0.25, -0.2) is 8.42 Å². The summed E-state index contributed by atoms with van der Waals surface area (Å²) in [4.78, 5) is 0. The fourth-order valence-corrected chi connectivity index (χ4v) is 7.32. The second-order valence-electron chi connectivity index (χ2n) is 4.00. The summed E-state index contributed by atoms with van der Waals surface area (Å²) in [5, 5.41) is 0. The largest absolute Gasteiger partial charge is 0.429 e. The highest BCUT2D eigenvalue weighted by Crippen LogP contribution is 2.71. The minimum atomic E-state index is -8.17. The van der Waals surface area contributed by atoms with E-state index in [1.807, 2.05) is 0 Å². The number of hydrogen-bond acceptors (Lipinski definition) is 3. The first-order chi connectivity index (χ1) is 9.65. The third-order valence-electron chi connectivity index (χ3n) is 2.77. The first-order valence-corrected chi connectivity index (χ1v) is 7.22. The molecule has 1 fully saturated rings. The van der Waals surface area contributed by atoms with Crippen molar-refractivity contribution in [2.45, 2.75) is 32.9 Å². The molecular formula is C6F12O3S2. The van der Waals surface area contributed by atoms with E-state index in [1.165, 1.54) is 0 Å². The maximum atomic E-state index is 12.5. The van der Waals surface area contributed by atoms with Crippen LogP contribution in [0.2, 0.25) is 0 Å². The monoisotopic (exact) mass is 412 g/mol. The SMILES string of the molecule is O=S1C(C(F)(F)F)(C(F)(F)F)S(=O)(=O)C1(C(F)(F)F)C(F)(F)F. The molecule has 0 N–H and O–H groups in total. The van der Waals surface area contributed by atoms with Crippen LogP contribution in [0, 0.1) is 0 Å². The van der Waals surface area contributed by atoms with Crippen molar-refractivity contribution < 1.29 is 65.3 Å². The summed E-state index contributed by atoms with van der Waals surface area (Å²) in [6.45, 7) is 0. The lowest BCUT2D eigenvalue weighted by atomic mass is 10.3. The number of hydrogen-bond donors (Lipinski definition) is 0. The minimum absolute atomic E-state index is 6.02. The highest BCUT2D eigenvalue weighted by Gasteiger charge is 3.05. The zero-order valence-electron chi connectivity index (χ0n) is 9.58. The summed E-state index contributed by atoms with van der Waals surface area (Å²) in [5.74, 6) is 0. The lowest BCUT2D eigenvalue weighted by molar-refractivity contribution is -0.266. The van der Waals surface area contributed by atoms with E-state index < -0.39 is 53.5 Å². The van der Waals surface area contributed by atoms with Gasteiger partial charge in [0.05, 0.1) is 0 Å². The molecule has 1 aliphatic rings. The highest BCUT2D eigenvalue weighted by molar-refractivity contribution is 8.25. The van der Waals surface area contributed by atoms with Crippen molar-refractivity contribution in [1.82, 2.24) is 0 Å². The van der Waals surface area contributed by atoms with E-state index in [2.05, 4.69) is 0 Å². The molecule has 17 heteroatoms. The third-order valence-corrected chi connectivity index (χ3v) is 9.41. The van der Waals surface area contributed by atoms with Crippen LogP contribution < -0.4 is 0 Å². The quantitative estimate of drug-likeness (QED) is 0.576. The van der Waals surface area contributed by atoms with Crippen LogP contribution in [0.15, 0.2) is 0 Å². The fourth-order valence-electron chi connectivity index (χ4n) is 1.92. The van der Waals surface area contributed by atoms with Crippen LogP contribution in [-0.4, -0.2) is 45.5 Å². The van der Waals surface area contributed by atoms with Crippen molar-refractivity contribution in [3.8, 4) is 0 Å². The topological polar surface area (TPSA) is 51.2 Å². The molecule has 1 rings (SSSR count). The van der Waals surface area contributed by atoms with Gasteiger partial charge in [0.25, 0.3) is 0 Å². The van der Waals surface area contributed by atoms with E-state index in [-0.39, 0.29) is 0 Å². The molecule has 3 nitrogen and oxygen atoms in total. The number of rotatable bonds is 0. The average molecular weight is 412 g/mol. The molecule has 0 aliphatic carbocycles. The van der Waals surface area contributed by atoms with E-state index >= 15 is 0 Å². The lowest BCUT2D eigenvalue weighted by Gasteiger charge is -2.53. The van der Waals surface area contributed by atoms with Crippen LogP contribution in [0.4, 0.5) is 52.7 Å². The Hall–Kier alpha value is -0.740. The van der Waals surface area contributed by atoms with Crippen molar-refractivity contribution in [3.05, 3.63) is 0 Å². The summed E-state index contributed by atoms with van der Waals surface area (Å²) in [6, 6.07) is 0. The molecule has 1 aliphatic heterocycles. The van der Waals surface area contributed by atoms with Gasteiger partial charge in [-0.05, 0) is 0 Å². The van der Waals surface area contributed by atoms with Crippen molar-refractivity contribution in [2.75, 3.05) is 0 Å². The van der Waals surface area contributed by atoms with E-state index in [0.717, 1.165) is 0 Å². The van der Waals surface area contributed by atoms with Gasteiger partial charge in [0, 0.05) is 0 Å². The molecule has 0 atom stereocenters. The maximum absolute atomic E-state index is 12.5. The maximum Gasteiger partial charge on any atom is 0.429 e. The molecule has 0 amide bonds. The molecule has 0 saturated carbocycles. The van der Waals surface area contributed by atoms with Gasteiger partial charge in [0.2, 0.25) is 9.84 Å². The summed E-state index contributed by atoms with van der Waals surface area (Å²) in [7, 11) is -14.2. The van der Waals surface area contributed by atoms with Gasteiger partial charge in [-0.1, -0.05) is 0 Å². The third kappa shape index (κ3) is 1.85. The Balaban J connectivity index is 4.04. The fraction of sp³-hybridized carbons (Fsp3) is 1.00. The first kappa shape index (κ1) is 20.3. The average Bonchev–Trinajstić information content (AvgIpc) is 2.04. The number of alkyl halides is 12. The smallest absolute Gasteiger partial charge is 0.255 e. The lowest BCUT2D eigenvalue weighted by Crippen LogP contribution is -2.88. The molecule has 1 saturated heterocycles. The van der Waals surface area contributed by atoms with Crippen LogP contribution in [-0.2, 0) is 20.6 Å². The predicted octanol–water partition coefficient (Wildman–Crippen LogP) is 2.81. The van der Waals surface area contributed by atoms with E-state index in [0.29, 0.717) is 0 Å². The van der Waals surface area contributed by atoms with Crippen molar-refractivity contribution >= 4 is 20.6 Å². The second-order valence-corrected chi connectivity index (χ2v) is 8.51. The number of sulfone groups is 1. The van der Waals surface area contributed by atoms with Gasteiger partial charge < -0.3 is 0 Å². The van der Waals surface area contributed by atoms with Gasteiger partial charge >= 0.3 is 32.9 Å². The Morgan fingerprint density at radius 1 is 0.565 bits per heavy atom. The predicted molar refractivity (Wildman–Crippen MR) is 46.7 cm³/mol. The second kappa shape index (κ2) is 4.45. The highest BCUT2D eigenvalue weighted by atomic mass is 32.3. The Morgan fingerprint density at radius 2 is 0.739 bits per heavy atom. The minimum Gasteiger partial charge on any atom is -0.255 e. The van der Waals surface area contributed by atoms with Gasteiger partial charge in [-0.15, -0.1) is 0 Å². The van der Waals surface area contributed by atoms with Gasteiger partial charge in [0.1, 0.15) is 10.8 Å². The number of halogens is 12. The molecule has 0 radical (unpaired) electrons. The van der Waals surface area contributed by atoms with Crippen LogP contribution in [0.1, 0.15) is 0 Å². The summed E-state index contributed by atoms with van der Waals surface area (Å²) in [6.07, 6.45) is -29.0. The molecule has 0 aromatic heterocycles. The van der Waals surface area contributed by atoms with Crippen LogP contribution in [0.3, 0.4) is 0 Å². The zero-order chi connectivity index (χ0) is 19.1. The van der Waals surface area contributed by atoms with Crippen LogP contribution in [0.5, 0.6) is 0 Å². The van der Waals surface area contributed by atoms with Gasteiger partial charge in [0.15, 0.2) is 0 Å². The van der Waals surface area contributed by atoms with E-state index in [1.54, 1.807) is 0 Å². The molecule has 1 heterocycles. The Morgan fingerprint density at radius 3 is 0.826 bits per heavy atom. The Bertz CT molecular complexity index is 556. The molecule has 0 bridgehead atoms. The Labute approximate surface area is 120 Å². The van der Waals surface area contributed by atoms with E-state index in [9.17, 15) is 65.3 Å². The molecule has 0 unspecified atom stereocenters. The van der Waals surface area contributed by atoms with Crippen LogP contribution >= 0.6 is 0 Å². The summed E-state index contributed by atoms with van der Waals surface area (Å²) >= 11 is 0. The van der Waals surface area contributed by atoms with Gasteiger partial charge in [-0.2, -0.15) is 52.7 Å². The van der Waals surface area contributed by atoms with Crippen molar-refractivity contribution in [3.63, 3.8) is 0 Å². The summed E-state index contributed by atoms with van der Waals surface area (Å²) in [5.41, 5.74) is 0. The molecule has 138 valence electrons. The van der Waals surface area contributed by atoms with Crippen LogP contribution in [0.25, 0.3) is 0 Å². The molecule has 0 aromatic rings. The van der Waals surface area contributed by atoms with Gasteiger partial charge in [-0.3, -0.25) is 4.21 Å². The standard InChI is InChI=1S/C6F12O3S2/c7-3(8,9)1(4(10,11)12)22(19)2(5(13,14)15,6(16,17)18)23(1,20)21. The van der Waals surface area contributed by atoms with Crippen molar-refractivity contribution in [1.29, 1.82) is 0 Å².